The van der Waals surface area contributed by atoms with Crippen LogP contribution in [0.2, 0.25) is 0 Å². The van der Waals surface area contributed by atoms with Crippen molar-refractivity contribution in [1.29, 1.82) is 5.26 Å². The van der Waals surface area contributed by atoms with Crippen molar-refractivity contribution in [3.05, 3.63) is 21.0 Å². The first-order chi connectivity index (χ1) is 6.61. The number of aromatic nitrogens is 1. The Bertz CT molecular complexity index is 390. The maximum absolute atomic E-state index is 12.6. The summed E-state index contributed by atoms with van der Waals surface area (Å²) in [6.45, 7) is 0. The summed E-state index contributed by atoms with van der Waals surface area (Å²) in [5.74, 6) is -0.0584. The van der Waals surface area contributed by atoms with Crippen molar-refractivity contribution in [2.24, 2.45) is 0 Å². The highest BCUT2D eigenvalue weighted by atomic mass is 127. The zero-order valence-electron chi connectivity index (χ0n) is 7.09. The summed E-state index contributed by atoms with van der Waals surface area (Å²) in [6, 6.07) is 1.69. The second kappa shape index (κ2) is 4.50. The molecule has 0 fully saturated rings. The largest absolute Gasteiger partial charge is 0.495 e. The Kier molecular flexibility index (Phi) is 3.57. The number of nitriles is 1. The SMILES string of the molecule is COc1cnc(I)c(C#N)c1C(F)F. The van der Waals surface area contributed by atoms with Gasteiger partial charge in [-0.05, 0) is 22.6 Å². The number of hydrogen-bond donors (Lipinski definition) is 0. The number of methoxy groups -OCH3 is 1. The van der Waals surface area contributed by atoms with Gasteiger partial charge in [0, 0.05) is 0 Å². The molecule has 1 aromatic rings. The molecule has 0 spiro atoms. The summed E-state index contributed by atoms with van der Waals surface area (Å²) in [7, 11) is 1.26. The first-order valence-corrected chi connectivity index (χ1v) is 4.60. The van der Waals surface area contributed by atoms with E-state index >= 15 is 0 Å². The summed E-state index contributed by atoms with van der Waals surface area (Å²) < 4.78 is 30.1. The van der Waals surface area contributed by atoms with E-state index in [1.807, 2.05) is 0 Å². The van der Waals surface area contributed by atoms with E-state index in [1.54, 1.807) is 28.7 Å². The fourth-order valence-electron chi connectivity index (χ4n) is 0.969. The average molecular weight is 310 g/mol. The molecule has 1 rings (SSSR count). The minimum absolute atomic E-state index is 0.0584. The van der Waals surface area contributed by atoms with Crippen LogP contribution in [0.25, 0.3) is 0 Å². The van der Waals surface area contributed by atoms with Crippen molar-refractivity contribution >= 4 is 22.6 Å². The van der Waals surface area contributed by atoms with Crippen LogP contribution < -0.4 is 4.74 Å². The molecule has 0 atom stereocenters. The number of alkyl halides is 2. The molecule has 0 unspecified atom stereocenters. The number of nitrogens with zero attached hydrogens (tertiary/aromatic N) is 2. The van der Waals surface area contributed by atoms with Gasteiger partial charge in [-0.1, -0.05) is 0 Å². The van der Waals surface area contributed by atoms with Gasteiger partial charge in [0.05, 0.1) is 24.4 Å². The van der Waals surface area contributed by atoms with Crippen molar-refractivity contribution in [1.82, 2.24) is 4.98 Å². The molecule has 0 saturated carbocycles. The van der Waals surface area contributed by atoms with E-state index in [0.29, 0.717) is 0 Å². The van der Waals surface area contributed by atoms with Gasteiger partial charge in [0.1, 0.15) is 15.5 Å². The summed E-state index contributed by atoms with van der Waals surface area (Å²) in [4.78, 5) is 3.77. The van der Waals surface area contributed by atoms with Gasteiger partial charge in [-0.3, -0.25) is 0 Å². The molecule has 0 bridgehead atoms. The van der Waals surface area contributed by atoms with E-state index in [9.17, 15) is 8.78 Å². The molecule has 6 heteroatoms. The normalized spacial score (nSPS) is 10.0. The molecule has 1 aromatic heterocycles. The lowest BCUT2D eigenvalue weighted by atomic mass is 10.1. The van der Waals surface area contributed by atoms with Crippen LogP contribution in [-0.2, 0) is 0 Å². The monoisotopic (exact) mass is 310 g/mol. The zero-order valence-corrected chi connectivity index (χ0v) is 9.25. The highest BCUT2D eigenvalue weighted by molar-refractivity contribution is 14.1. The molecule has 0 radical (unpaired) electrons. The number of halogens is 3. The van der Waals surface area contributed by atoms with Gasteiger partial charge in [-0.2, -0.15) is 5.26 Å². The third kappa shape index (κ3) is 1.92. The highest BCUT2D eigenvalue weighted by Crippen LogP contribution is 2.32. The van der Waals surface area contributed by atoms with E-state index < -0.39 is 12.0 Å². The van der Waals surface area contributed by atoms with Gasteiger partial charge >= 0.3 is 0 Å². The minimum atomic E-state index is -2.74. The molecule has 0 aliphatic carbocycles. The second-order valence-electron chi connectivity index (χ2n) is 2.32. The Balaban J connectivity index is 3.46. The second-order valence-corrected chi connectivity index (χ2v) is 3.34. The standard InChI is InChI=1S/C8H5F2IN2O/c1-14-5-3-13-8(11)4(2-12)6(5)7(9)10/h3,7H,1H3. The number of rotatable bonds is 2. The number of ether oxygens (including phenoxy) is 1. The maximum atomic E-state index is 12.6. The van der Waals surface area contributed by atoms with E-state index in [4.69, 9.17) is 10.00 Å². The Labute approximate surface area is 92.8 Å². The molecular weight excluding hydrogens is 305 g/mol. The molecule has 0 aliphatic rings. The molecule has 3 nitrogen and oxygen atoms in total. The summed E-state index contributed by atoms with van der Waals surface area (Å²) in [5, 5.41) is 8.68. The third-order valence-corrected chi connectivity index (χ3v) is 2.40. The molecule has 1 heterocycles. The molecule has 74 valence electrons. The predicted molar refractivity (Wildman–Crippen MR) is 53.2 cm³/mol. The first kappa shape index (κ1) is 11.1. The lowest BCUT2D eigenvalue weighted by molar-refractivity contribution is 0.146. The Morgan fingerprint density at radius 1 is 1.64 bits per heavy atom. The van der Waals surface area contributed by atoms with Crippen molar-refractivity contribution in [2.75, 3.05) is 7.11 Å². The molecule has 0 N–H and O–H groups in total. The summed E-state index contributed by atoms with van der Waals surface area (Å²) in [5.41, 5.74) is -0.519. The van der Waals surface area contributed by atoms with Gasteiger partial charge < -0.3 is 4.74 Å². The van der Waals surface area contributed by atoms with Crippen LogP contribution in [0.4, 0.5) is 8.78 Å². The lowest BCUT2D eigenvalue weighted by Gasteiger charge is -2.09. The van der Waals surface area contributed by atoms with Crippen LogP contribution in [-0.4, -0.2) is 12.1 Å². The fourth-order valence-corrected chi connectivity index (χ4v) is 1.52. The van der Waals surface area contributed by atoms with Crippen molar-refractivity contribution in [3.8, 4) is 11.8 Å². The fraction of sp³-hybridized carbons (Fsp3) is 0.250. The quantitative estimate of drug-likeness (QED) is 0.623. The predicted octanol–water partition coefficient (Wildman–Crippen LogP) is 2.50. The first-order valence-electron chi connectivity index (χ1n) is 3.52. The third-order valence-electron chi connectivity index (χ3n) is 1.59. The van der Waals surface area contributed by atoms with E-state index in [0.717, 1.165) is 0 Å². The van der Waals surface area contributed by atoms with Crippen LogP contribution in [0.15, 0.2) is 6.20 Å². The average Bonchev–Trinajstić information content (AvgIpc) is 2.17. The molecule has 0 aromatic carbocycles. The molecule has 0 amide bonds. The smallest absolute Gasteiger partial charge is 0.268 e. The van der Waals surface area contributed by atoms with Gasteiger partial charge in [0.25, 0.3) is 6.43 Å². The molecule has 0 aliphatic heterocycles. The summed E-state index contributed by atoms with van der Waals surface area (Å²) >= 11 is 1.73. The van der Waals surface area contributed by atoms with Crippen LogP contribution >= 0.6 is 22.6 Å². The van der Waals surface area contributed by atoms with E-state index in [-0.39, 0.29) is 15.0 Å². The van der Waals surface area contributed by atoms with Crippen LogP contribution in [0.5, 0.6) is 5.75 Å². The van der Waals surface area contributed by atoms with Gasteiger partial charge in [0.15, 0.2) is 0 Å². The maximum Gasteiger partial charge on any atom is 0.268 e. The van der Waals surface area contributed by atoms with Gasteiger partial charge in [-0.15, -0.1) is 0 Å². The molecule has 0 saturated heterocycles. The van der Waals surface area contributed by atoms with E-state index in [2.05, 4.69) is 4.98 Å². The van der Waals surface area contributed by atoms with Gasteiger partial charge in [-0.25, -0.2) is 13.8 Å². The highest BCUT2D eigenvalue weighted by Gasteiger charge is 2.21. The lowest BCUT2D eigenvalue weighted by Crippen LogP contribution is -2.00. The topological polar surface area (TPSA) is 45.9 Å². The Morgan fingerprint density at radius 3 is 2.71 bits per heavy atom. The van der Waals surface area contributed by atoms with Gasteiger partial charge in [0.2, 0.25) is 0 Å². The van der Waals surface area contributed by atoms with Crippen LogP contribution in [0.1, 0.15) is 17.6 Å². The van der Waals surface area contributed by atoms with E-state index in [1.165, 1.54) is 13.3 Å². The van der Waals surface area contributed by atoms with Crippen molar-refractivity contribution < 1.29 is 13.5 Å². The summed E-state index contributed by atoms with van der Waals surface area (Å²) in [6.07, 6.45) is -1.56. The molecular formula is C8H5F2IN2O. The number of pyridine rings is 1. The van der Waals surface area contributed by atoms with Crippen LogP contribution in [0.3, 0.4) is 0 Å². The van der Waals surface area contributed by atoms with Crippen molar-refractivity contribution in [3.63, 3.8) is 0 Å². The Hall–Kier alpha value is -0.970. The zero-order chi connectivity index (χ0) is 10.7. The molecule has 14 heavy (non-hydrogen) atoms. The number of hydrogen-bond acceptors (Lipinski definition) is 3. The minimum Gasteiger partial charge on any atom is -0.495 e. The van der Waals surface area contributed by atoms with Crippen LogP contribution in [0, 0.1) is 15.0 Å². The van der Waals surface area contributed by atoms with Crippen molar-refractivity contribution in [2.45, 2.75) is 6.43 Å². The Morgan fingerprint density at radius 2 is 2.29 bits per heavy atom.